The minimum atomic E-state index is 0.522. The number of hydrogen-bond acceptors (Lipinski definition) is 1. The van der Waals surface area contributed by atoms with Crippen LogP contribution >= 0.6 is 0 Å². The van der Waals surface area contributed by atoms with E-state index in [0.29, 0.717) is 19.6 Å². The van der Waals surface area contributed by atoms with E-state index in [4.69, 9.17) is 19.3 Å². The summed E-state index contributed by atoms with van der Waals surface area (Å²) in [6.07, 6.45) is 15.2. The second-order valence-electron chi connectivity index (χ2n) is 1.76. The molecule has 0 bridgehead atoms. The molecule has 1 heteroatoms. The van der Waals surface area contributed by atoms with Gasteiger partial charge in [0.05, 0.1) is 19.6 Å². The van der Waals surface area contributed by atoms with Crippen LogP contribution in [0, 0.1) is 37.0 Å². The normalized spacial score (nSPS) is 7.80. The van der Waals surface area contributed by atoms with Gasteiger partial charge in [0.2, 0.25) is 0 Å². The minimum Gasteiger partial charge on any atom is -0.270 e. The molecular formula is C9H9N. The van der Waals surface area contributed by atoms with Crippen LogP contribution in [0.25, 0.3) is 0 Å². The van der Waals surface area contributed by atoms with Crippen LogP contribution in [-0.2, 0) is 0 Å². The quantitative estimate of drug-likeness (QED) is 0.494. The fourth-order valence-electron chi connectivity index (χ4n) is 0.555. The molecule has 0 aliphatic heterocycles. The summed E-state index contributed by atoms with van der Waals surface area (Å²) in [6.45, 7) is 1.57. The fourth-order valence-corrected chi connectivity index (χ4v) is 0.555. The van der Waals surface area contributed by atoms with Crippen molar-refractivity contribution < 1.29 is 0 Å². The van der Waals surface area contributed by atoms with E-state index in [1.54, 1.807) is 0 Å². The summed E-state index contributed by atoms with van der Waals surface area (Å²) >= 11 is 0. The van der Waals surface area contributed by atoms with Gasteiger partial charge in [-0.1, -0.05) is 17.8 Å². The Kier molecular flexibility index (Phi) is 4.99. The van der Waals surface area contributed by atoms with E-state index in [1.165, 1.54) is 0 Å². The summed E-state index contributed by atoms with van der Waals surface area (Å²) in [5, 5.41) is 0. The second kappa shape index (κ2) is 5.77. The molecule has 0 saturated carbocycles. The molecule has 0 spiro atoms. The van der Waals surface area contributed by atoms with Crippen molar-refractivity contribution in [2.45, 2.75) is 0 Å². The van der Waals surface area contributed by atoms with Crippen molar-refractivity contribution in [3.05, 3.63) is 0 Å². The van der Waals surface area contributed by atoms with Crippen molar-refractivity contribution in [2.75, 3.05) is 19.6 Å². The predicted molar refractivity (Wildman–Crippen MR) is 42.9 cm³/mol. The van der Waals surface area contributed by atoms with Gasteiger partial charge in [0.1, 0.15) is 0 Å². The lowest BCUT2D eigenvalue weighted by Crippen LogP contribution is -2.24. The topological polar surface area (TPSA) is 3.24 Å². The average Bonchev–Trinajstić information content (AvgIpc) is 1.90. The summed E-state index contributed by atoms with van der Waals surface area (Å²) < 4.78 is 0. The molecule has 0 N–H and O–H groups in total. The van der Waals surface area contributed by atoms with Crippen molar-refractivity contribution >= 4 is 0 Å². The summed E-state index contributed by atoms with van der Waals surface area (Å²) in [6, 6.07) is 0. The van der Waals surface area contributed by atoms with Crippen LogP contribution in [0.4, 0.5) is 0 Å². The Hall–Kier alpha value is -1.36. The number of terminal acetylenes is 3. The molecule has 0 rings (SSSR count). The molecule has 0 fully saturated rings. The molecule has 0 atom stereocenters. The third-order valence-corrected chi connectivity index (χ3v) is 0.945. The highest BCUT2D eigenvalue weighted by Gasteiger charge is 1.95. The van der Waals surface area contributed by atoms with Crippen molar-refractivity contribution in [1.82, 2.24) is 4.90 Å². The lowest BCUT2D eigenvalue weighted by molar-refractivity contribution is 0.390. The number of rotatable bonds is 3. The van der Waals surface area contributed by atoms with Gasteiger partial charge in [0.25, 0.3) is 0 Å². The smallest absolute Gasteiger partial charge is 0.0616 e. The summed E-state index contributed by atoms with van der Waals surface area (Å²) in [5.74, 6) is 7.42. The van der Waals surface area contributed by atoms with Crippen LogP contribution in [0.5, 0.6) is 0 Å². The zero-order valence-electron chi connectivity index (χ0n) is 5.80. The molecule has 0 aromatic carbocycles. The molecule has 10 heavy (non-hydrogen) atoms. The third-order valence-electron chi connectivity index (χ3n) is 0.945. The molecule has 0 unspecified atom stereocenters. The van der Waals surface area contributed by atoms with E-state index in [2.05, 4.69) is 17.8 Å². The molecular weight excluding hydrogens is 122 g/mol. The molecule has 0 radical (unpaired) electrons. The zero-order valence-corrected chi connectivity index (χ0v) is 5.80. The first-order chi connectivity index (χ1) is 4.85. The van der Waals surface area contributed by atoms with Gasteiger partial charge in [-0.3, -0.25) is 4.90 Å². The maximum Gasteiger partial charge on any atom is 0.0616 e. The highest BCUT2D eigenvalue weighted by atomic mass is 15.1. The highest BCUT2D eigenvalue weighted by Crippen LogP contribution is 1.82. The minimum absolute atomic E-state index is 0.522. The van der Waals surface area contributed by atoms with Gasteiger partial charge in [0.15, 0.2) is 0 Å². The van der Waals surface area contributed by atoms with E-state index < -0.39 is 0 Å². The SMILES string of the molecule is C#CCN(CC#C)CC#C. The van der Waals surface area contributed by atoms with Crippen LogP contribution in [-0.4, -0.2) is 24.5 Å². The number of nitrogens with zero attached hydrogens (tertiary/aromatic N) is 1. The molecule has 0 aliphatic carbocycles. The monoisotopic (exact) mass is 131 g/mol. The van der Waals surface area contributed by atoms with E-state index in [0.717, 1.165) is 0 Å². The fraction of sp³-hybridized carbons (Fsp3) is 0.333. The largest absolute Gasteiger partial charge is 0.270 e. The van der Waals surface area contributed by atoms with Gasteiger partial charge in [-0.2, -0.15) is 0 Å². The van der Waals surface area contributed by atoms with Crippen molar-refractivity contribution in [3.63, 3.8) is 0 Å². The summed E-state index contributed by atoms with van der Waals surface area (Å²) in [7, 11) is 0. The second-order valence-corrected chi connectivity index (χ2v) is 1.76. The Morgan fingerprint density at radius 1 is 0.800 bits per heavy atom. The first-order valence-electron chi connectivity index (χ1n) is 2.88. The lowest BCUT2D eigenvalue weighted by Gasteiger charge is -2.11. The average molecular weight is 131 g/mol. The van der Waals surface area contributed by atoms with E-state index in [9.17, 15) is 0 Å². The molecule has 0 heterocycles. The van der Waals surface area contributed by atoms with Crippen LogP contribution in [0.2, 0.25) is 0 Å². The Bertz CT molecular complexity index is 158. The zero-order chi connectivity index (χ0) is 7.82. The first kappa shape index (κ1) is 8.64. The van der Waals surface area contributed by atoms with E-state index in [-0.39, 0.29) is 0 Å². The Morgan fingerprint density at radius 2 is 1.10 bits per heavy atom. The Labute approximate surface area is 62.4 Å². The van der Waals surface area contributed by atoms with E-state index >= 15 is 0 Å². The van der Waals surface area contributed by atoms with Gasteiger partial charge >= 0.3 is 0 Å². The van der Waals surface area contributed by atoms with Crippen LogP contribution < -0.4 is 0 Å². The van der Waals surface area contributed by atoms with Crippen molar-refractivity contribution in [1.29, 1.82) is 0 Å². The van der Waals surface area contributed by atoms with Gasteiger partial charge in [-0.25, -0.2) is 0 Å². The first-order valence-corrected chi connectivity index (χ1v) is 2.88. The van der Waals surface area contributed by atoms with Crippen LogP contribution in [0.1, 0.15) is 0 Å². The molecule has 0 aromatic heterocycles. The Balaban J connectivity index is 3.68. The van der Waals surface area contributed by atoms with E-state index in [1.807, 2.05) is 4.90 Å². The standard InChI is InChI=1S/C9H9N/c1-4-7-10(8-5-2)9-6-3/h1-3H,7-9H2. The van der Waals surface area contributed by atoms with Gasteiger partial charge in [-0.15, -0.1) is 19.3 Å². The molecule has 1 nitrogen and oxygen atoms in total. The van der Waals surface area contributed by atoms with Crippen molar-refractivity contribution in [3.8, 4) is 37.0 Å². The van der Waals surface area contributed by atoms with Gasteiger partial charge < -0.3 is 0 Å². The molecule has 0 aromatic rings. The maximum absolute atomic E-state index is 5.06. The molecule has 0 aliphatic rings. The highest BCUT2D eigenvalue weighted by molar-refractivity contribution is 4.99. The number of hydrogen-bond donors (Lipinski definition) is 0. The summed E-state index contributed by atoms with van der Waals surface area (Å²) in [4.78, 5) is 1.83. The molecule has 0 saturated heterocycles. The molecule has 0 amide bonds. The lowest BCUT2D eigenvalue weighted by atomic mass is 10.4. The molecule has 50 valence electrons. The van der Waals surface area contributed by atoms with Crippen molar-refractivity contribution in [2.24, 2.45) is 0 Å². The van der Waals surface area contributed by atoms with Crippen LogP contribution in [0.3, 0.4) is 0 Å². The maximum atomic E-state index is 5.06. The Morgan fingerprint density at radius 3 is 1.30 bits per heavy atom. The van der Waals surface area contributed by atoms with Gasteiger partial charge in [0, 0.05) is 0 Å². The van der Waals surface area contributed by atoms with Crippen LogP contribution in [0.15, 0.2) is 0 Å². The third kappa shape index (κ3) is 3.62. The van der Waals surface area contributed by atoms with Gasteiger partial charge in [-0.05, 0) is 0 Å². The summed E-state index contributed by atoms with van der Waals surface area (Å²) in [5.41, 5.74) is 0. The predicted octanol–water partition coefficient (Wildman–Crippen LogP) is 0.188.